The average molecular weight is 259 g/mol. The first kappa shape index (κ1) is 13.4. The SMILES string of the molecule is C[C@@H]1CNC[C@H]1C(=O)Nc1ccc(OCC#N)cc1. The Morgan fingerprint density at radius 2 is 2.21 bits per heavy atom. The minimum atomic E-state index is 0.0227. The number of nitrogens with zero attached hydrogens (tertiary/aromatic N) is 1. The van der Waals surface area contributed by atoms with Crippen LogP contribution in [0, 0.1) is 23.2 Å². The van der Waals surface area contributed by atoms with E-state index in [2.05, 4.69) is 17.6 Å². The Kier molecular flexibility index (Phi) is 4.37. The van der Waals surface area contributed by atoms with Crippen LogP contribution in [0.1, 0.15) is 6.92 Å². The van der Waals surface area contributed by atoms with Gasteiger partial charge in [-0.25, -0.2) is 0 Å². The Morgan fingerprint density at radius 3 is 2.79 bits per heavy atom. The number of hydrogen-bond donors (Lipinski definition) is 2. The maximum Gasteiger partial charge on any atom is 0.229 e. The van der Waals surface area contributed by atoms with E-state index in [1.165, 1.54) is 0 Å². The summed E-state index contributed by atoms with van der Waals surface area (Å²) in [4.78, 5) is 12.1. The van der Waals surface area contributed by atoms with E-state index in [-0.39, 0.29) is 18.4 Å². The van der Waals surface area contributed by atoms with Gasteiger partial charge < -0.3 is 15.4 Å². The van der Waals surface area contributed by atoms with Crippen molar-refractivity contribution in [2.24, 2.45) is 11.8 Å². The van der Waals surface area contributed by atoms with Crippen molar-refractivity contribution in [2.45, 2.75) is 6.92 Å². The maximum atomic E-state index is 12.1. The zero-order chi connectivity index (χ0) is 13.7. The number of rotatable bonds is 4. The van der Waals surface area contributed by atoms with E-state index >= 15 is 0 Å². The highest BCUT2D eigenvalue weighted by Crippen LogP contribution is 2.20. The van der Waals surface area contributed by atoms with Gasteiger partial charge in [0.05, 0.1) is 5.92 Å². The molecule has 1 aliphatic heterocycles. The van der Waals surface area contributed by atoms with Crippen LogP contribution in [-0.4, -0.2) is 25.6 Å². The molecule has 100 valence electrons. The number of anilines is 1. The number of nitrogens with one attached hydrogen (secondary N) is 2. The molecule has 0 saturated carbocycles. The van der Waals surface area contributed by atoms with E-state index in [1.807, 2.05) is 6.07 Å². The first-order valence-corrected chi connectivity index (χ1v) is 6.32. The van der Waals surface area contributed by atoms with Gasteiger partial charge in [-0.05, 0) is 36.7 Å². The molecule has 0 unspecified atom stereocenters. The molecule has 0 radical (unpaired) electrons. The molecule has 1 aliphatic rings. The van der Waals surface area contributed by atoms with Gasteiger partial charge in [0.1, 0.15) is 11.8 Å². The number of ether oxygens (including phenoxy) is 1. The van der Waals surface area contributed by atoms with Gasteiger partial charge in [0.25, 0.3) is 0 Å². The van der Waals surface area contributed by atoms with Crippen molar-refractivity contribution < 1.29 is 9.53 Å². The van der Waals surface area contributed by atoms with Crippen LogP contribution in [0.4, 0.5) is 5.69 Å². The quantitative estimate of drug-likeness (QED) is 0.856. The highest BCUT2D eigenvalue weighted by molar-refractivity contribution is 5.93. The molecule has 1 fully saturated rings. The molecule has 1 heterocycles. The molecule has 1 aromatic carbocycles. The molecule has 1 amide bonds. The van der Waals surface area contributed by atoms with Gasteiger partial charge in [-0.2, -0.15) is 5.26 Å². The Hall–Kier alpha value is -2.06. The molecule has 1 saturated heterocycles. The molecule has 2 atom stereocenters. The summed E-state index contributed by atoms with van der Waals surface area (Å²) < 4.78 is 5.15. The normalized spacial score (nSPS) is 21.7. The molecule has 2 N–H and O–H groups in total. The summed E-state index contributed by atoms with van der Waals surface area (Å²) in [5.41, 5.74) is 0.744. The Morgan fingerprint density at radius 1 is 1.47 bits per heavy atom. The number of amides is 1. The minimum absolute atomic E-state index is 0.0227. The Labute approximate surface area is 112 Å². The van der Waals surface area contributed by atoms with Crippen LogP contribution >= 0.6 is 0 Å². The lowest BCUT2D eigenvalue weighted by Crippen LogP contribution is -2.27. The van der Waals surface area contributed by atoms with E-state index < -0.39 is 0 Å². The summed E-state index contributed by atoms with van der Waals surface area (Å²) in [5.74, 6) is 1.05. The topological polar surface area (TPSA) is 74.2 Å². The number of benzene rings is 1. The molecule has 19 heavy (non-hydrogen) atoms. The third kappa shape index (κ3) is 3.46. The van der Waals surface area contributed by atoms with Crippen LogP contribution in [0.25, 0.3) is 0 Å². The minimum Gasteiger partial charge on any atom is -0.479 e. The summed E-state index contributed by atoms with van der Waals surface area (Å²) in [6.45, 7) is 3.72. The molecule has 0 spiro atoms. The highest BCUT2D eigenvalue weighted by atomic mass is 16.5. The third-order valence-electron chi connectivity index (χ3n) is 3.28. The largest absolute Gasteiger partial charge is 0.479 e. The lowest BCUT2D eigenvalue weighted by atomic mass is 9.97. The first-order valence-electron chi connectivity index (χ1n) is 6.32. The predicted molar refractivity (Wildman–Crippen MR) is 71.7 cm³/mol. The van der Waals surface area contributed by atoms with E-state index in [4.69, 9.17) is 10.00 Å². The van der Waals surface area contributed by atoms with Gasteiger partial charge in [-0.15, -0.1) is 0 Å². The second-order valence-electron chi connectivity index (χ2n) is 4.70. The van der Waals surface area contributed by atoms with Crippen molar-refractivity contribution in [3.63, 3.8) is 0 Å². The summed E-state index contributed by atoms with van der Waals surface area (Å²) in [6.07, 6.45) is 0. The van der Waals surface area contributed by atoms with Gasteiger partial charge in [0.2, 0.25) is 5.91 Å². The first-order chi connectivity index (χ1) is 9.20. The molecule has 1 aromatic rings. The summed E-state index contributed by atoms with van der Waals surface area (Å²) >= 11 is 0. The van der Waals surface area contributed by atoms with Crippen LogP contribution in [0.3, 0.4) is 0 Å². The zero-order valence-electron chi connectivity index (χ0n) is 10.8. The third-order valence-corrected chi connectivity index (χ3v) is 3.28. The van der Waals surface area contributed by atoms with Crippen molar-refractivity contribution in [2.75, 3.05) is 25.0 Å². The number of hydrogen-bond acceptors (Lipinski definition) is 4. The van der Waals surface area contributed by atoms with Crippen LogP contribution < -0.4 is 15.4 Å². The van der Waals surface area contributed by atoms with Gasteiger partial charge in [-0.1, -0.05) is 6.92 Å². The Bertz CT molecular complexity index is 478. The van der Waals surface area contributed by atoms with Gasteiger partial charge in [-0.3, -0.25) is 4.79 Å². The van der Waals surface area contributed by atoms with Crippen LogP contribution in [0.2, 0.25) is 0 Å². The van der Waals surface area contributed by atoms with Gasteiger partial charge >= 0.3 is 0 Å². The lowest BCUT2D eigenvalue weighted by Gasteiger charge is -2.14. The predicted octanol–water partition coefficient (Wildman–Crippen LogP) is 1.38. The van der Waals surface area contributed by atoms with Gasteiger partial charge in [0, 0.05) is 12.2 Å². The van der Waals surface area contributed by atoms with Crippen molar-refractivity contribution in [3.05, 3.63) is 24.3 Å². The van der Waals surface area contributed by atoms with Crippen molar-refractivity contribution in [1.29, 1.82) is 5.26 Å². The van der Waals surface area contributed by atoms with Crippen molar-refractivity contribution in [3.8, 4) is 11.8 Å². The maximum absolute atomic E-state index is 12.1. The smallest absolute Gasteiger partial charge is 0.229 e. The van der Waals surface area contributed by atoms with Gasteiger partial charge in [0.15, 0.2) is 6.61 Å². The van der Waals surface area contributed by atoms with E-state index in [9.17, 15) is 4.79 Å². The number of carbonyl (C=O) groups is 1. The molecular formula is C14H17N3O2. The van der Waals surface area contributed by atoms with Crippen LogP contribution in [0.15, 0.2) is 24.3 Å². The number of carbonyl (C=O) groups excluding carboxylic acids is 1. The van der Waals surface area contributed by atoms with Crippen molar-refractivity contribution in [1.82, 2.24) is 5.32 Å². The zero-order valence-corrected chi connectivity index (χ0v) is 10.8. The van der Waals surface area contributed by atoms with Crippen LogP contribution in [0.5, 0.6) is 5.75 Å². The molecule has 5 nitrogen and oxygen atoms in total. The van der Waals surface area contributed by atoms with E-state index in [0.29, 0.717) is 11.7 Å². The van der Waals surface area contributed by atoms with E-state index in [1.54, 1.807) is 24.3 Å². The molecular weight excluding hydrogens is 242 g/mol. The molecule has 5 heteroatoms. The van der Waals surface area contributed by atoms with Crippen molar-refractivity contribution >= 4 is 11.6 Å². The van der Waals surface area contributed by atoms with Crippen LogP contribution in [-0.2, 0) is 4.79 Å². The lowest BCUT2D eigenvalue weighted by molar-refractivity contribution is -0.120. The summed E-state index contributed by atoms with van der Waals surface area (Å²) in [6, 6.07) is 8.94. The molecule has 2 rings (SSSR count). The summed E-state index contributed by atoms with van der Waals surface area (Å²) in [5, 5.41) is 14.5. The fraction of sp³-hybridized carbons (Fsp3) is 0.429. The number of nitriles is 1. The highest BCUT2D eigenvalue weighted by Gasteiger charge is 2.29. The molecule has 0 aromatic heterocycles. The Balaban J connectivity index is 1.92. The second-order valence-corrected chi connectivity index (χ2v) is 4.70. The molecule has 0 aliphatic carbocycles. The fourth-order valence-corrected chi connectivity index (χ4v) is 2.15. The average Bonchev–Trinajstić information content (AvgIpc) is 2.84. The fourth-order valence-electron chi connectivity index (χ4n) is 2.15. The second kappa shape index (κ2) is 6.21. The van der Waals surface area contributed by atoms with E-state index in [0.717, 1.165) is 18.8 Å². The summed E-state index contributed by atoms with van der Waals surface area (Å²) in [7, 11) is 0. The standard InChI is InChI=1S/C14H17N3O2/c1-10-8-16-9-13(10)14(18)17-11-2-4-12(5-3-11)19-7-6-15/h2-5,10,13,16H,7-9H2,1H3,(H,17,18)/t10-,13-/m1/s1. The molecule has 0 bridgehead atoms. The monoisotopic (exact) mass is 259 g/mol.